The van der Waals surface area contributed by atoms with Crippen molar-refractivity contribution in [3.8, 4) is 5.69 Å². The maximum Gasteiger partial charge on any atom is 0.338 e. The van der Waals surface area contributed by atoms with Crippen LogP contribution < -0.4 is 0 Å². The minimum Gasteiger partial charge on any atom is -0.462 e. The van der Waals surface area contributed by atoms with E-state index in [9.17, 15) is 14.9 Å². The average molecular weight is 357 g/mol. The molecular formula is C19H23N3O4. The third kappa shape index (κ3) is 3.61. The first kappa shape index (κ1) is 18.1. The molecule has 7 nitrogen and oxygen atoms in total. The van der Waals surface area contributed by atoms with Gasteiger partial charge in [0.05, 0.1) is 22.8 Å². The quantitative estimate of drug-likeness (QED) is 0.452. The summed E-state index contributed by atoms with van der Waals surface area (Å²) in [6.07, 6.45) is 7.36. The Morgan fingerprint density at radius 2 is 2.08 bits per heavy atom. The monoisotopic (exact) mass is 357 g/mol. The predicted molar refractivity (Wildman–Crippen MR) is 96.7 cm³/mol. The number of carbonyl (C=O) groups excluding carboxylic acids is 1. The van der Waals surface area contributed by atoms with E-state index in [1.807, 2.05) is 6.92 Å². The van der Waals surface area contributed by atoms with Crippen molar-refractivity contribution < 1.29 is 14.5 Å². The van der Waals surface area contributed by atoms with Crippen LogP contribution in [0.5, 0.6) is 0 Å². The van der Waals surface area contributed by atoms with E-state index < -0.39 is 10.9 Å². The summed E-state index contributed by atoms with van der Waals surface area (Å²) >= 11 is 0. The van der Waals surface area contributed by atoms with Crippen molar-refractivity contribution in [3.05, 3.63) is 51.6 Å². The molecule has 1 aliphatic carbocycles. The van der Waals surface area contributed by atoms with E-state index in [0.717, 1.165) is 37.2 Å². The minimum atomic E-state index is -0.486. The Morgan fingerprint density at radius 3 is 2.73 bits per heavy atom. The molecule has 138 valence electrons. The van der Waals surface area contributed by atoms with Crippen LogP contribution in [0.2, 0.25) is 0 Å². The summed E-state index contributed by atoms with van der Waals surface area (Å²) in [6.45, 7) is 3.86. The number of imidazole rings is 1. The predicted octanol–water partition coefficient (Wildman–Crippen LogP) is 4.31. The molecule has 0 N–H and O–H groups in total. The van der Waals surface area contributed by atoms with Gasteiger partial charge >= 0.3 is 5.97 Å². The summed E-state index contributed by atoms with van der Waals surface area (Å²) in [5.74, 6) is 0.634. The molecule has 0 atom stereocenters. The van der Waals surface area contributed by atoms with Gasteiger partial charge in [0.1, 0.15) is 11.5 Å². The van der Waals surface area contributed by atoms with Gasteiger partial charge in [-0.25, -0.2) is 9.78 Å². The fourth-order valence-corrected chi connectivity index (χ4v) is 3.57. The fourth-order valence-electron chi connectivity index (χ4n) is 3.57. The summed E-state index contributed by atoms with van der Waals surface area (Å²) in [5, 5.41) is 11.6. The number of aryl methyl sites for hydroxylation is 1. The lowest BCUT2D eigenvalue weighted by Crippen LogP contribution is -2.13. The van der Waals surface area contributed by atoms with E-state index in [1.165, 1.54) is 24.6 Å². The van der Waals surface area contributed by atoms with E-state index in [0.29, 0.717) is 11.3 Å². The molecule has 7 heteroatoms. The molecule has 0 spiro atoms. The third-order valence-electron chi connectivity index (χ3n) is 4.77. The van der Waals surface area contributed by atoms with Crippen LogP contribution in [0, 0.1) is 17.0 Å². The molecule has 1 saturated carbocycles. The standard InChI is InChI=1S/C19H23N3O4/c1-3-26-19(23)15-9-10-16(22(24)25)17(11-15)21-12-13(2)20-18(21)14-7-5-4-6-8-14/h9-12,14H,3-8H2,1-2H3. The second kappa shape index (κ2) is 7.68. The number of nitro benzene ring substituents is 1. The summed E-state index contributed by atoms with van der Waals surface area (Å²) < 4.78 is 6.82. The maximum absolute atomic E-state index is 12.1. The summed E-state index contributed by atoms with van der Waals surface area (Å²) in [6, 6.07) is 4.33. The molecule has 0 aliphatic heterocycles. The van der Waals surface area contributed by atoms with Gasteiger partial charge in [0, 0.05) is 18.2 Å². The van der Waals surface area contributed by atoms with E-state index in [2.05, 4.69) is 4.98 Å². The largest absolute Gasteiger partial charge is 0.462 e. The molecule has 1 heterocycles. The molecule has 0 radical (unpaired) electrons. The number of aromatic nitrogens is 2. The molecule has 0 amide bonds. The van der Waals surface area contributed by atoms with Crippen molar-refractivity contribution in [3.63, 3.8) is 0 Å². The molecule has 2 aromatic rings. The lowest BCUT2D eigenvalue weighted by atomic mass is 9.88. The first-order valence-corrected chi connectivity index (χ1v) is 9.03. The zero-order chi connectivity index (χ0) is 18.7. The molecule has 3 rings (SSSR count). The topological polar surface area (TPSA) is 87.3 Å². The van der Waals surface area contributed by atoms with Crippen molar-refractivity contribution in [2.45, 2.75) is 51.9 Å². The van der Waals surface area contributed by atoms with Crippen molar-refractivity contribution in [2.75, 3.05) is 6.61 Å². The highest BCUT2D eigenvalue weighted by atomic mass is 16.6. The van der Waals surface area contributed by atoms with Gasteiger partial charge in [0.2, 0.25) is 0 Å². The summed E-state index contributed by atoms with van der Waals surface area (Å²) in [7, 11) is 0. The highest BCUT2D eigenvalue weighted by Crippen LogP contribution is 2.35. The van der Waals surface area contributed by atoms with Crippen LogP contribution in [0.3, 0.4) is 0 Å². The Morgan fingerprint density at radius 1 is 1.35 bits per heavy atom. The van der Waals surface area contributed by atoms with Crippen LogP contribution in [0.25, 0.3) is 5.69 Å². The van der Waals surface area contributed by atoms with E-state index in [4.69, 9.17) is 4.74 Å². The van der Waals surface area contributed by atoms with Crippen molar-refractivity contribution in [2.24, 2.45) is 0 Å². The normalized spacial score (nSPS) is 15.0. The van der Waals surface area contributed by atoms with Gasteiger partial charge in [-0.05, 0) is 38.8 Å². The van der Waals surface area contributed by atoms with Crippen molar-refractivity contribution in [1.82, 2.24) is 9.55 Å². The number of nitrogens with zero attached hydrogens (tertiary/aromatic N) is 3. The van der Waals surface area contributed by atoms with Gasteiger partial charge < -0.3 is 4.74 Å². The fraction of sp³-hybridized carbons (Fsp3) is 0.474. The second-order valence-corrected chi connectivity index (χ2v) is 6.63. The summed E-state index contributed by atoms with van der Waals surface area (Å²) in [5.41, 5.74) is 1.42. The third-order valence-corrected chi connectivity index (χ3v) is 4.77. The van der Waals surface area contributed by atoms with Crippen LogP contribution in [0.15, 0.2) is 24.4 Å². The van der Waals surface area contributed by atoms with Gasteiger partial charge in [0.25, 0.3) is 5.69 Å². The molecule has 1 fully saturated rings. The van der Waals surface area contributed by atoms with Gasteiger partial charge in [0.15, 0.2) is 0 Å². The zero-order valence-corrected chi connectivity index (χ0v) is 15.1. The first-order chi connectivity index (χ1) is 12.5. The van der Waals surface area contributed by atoms with Crippen LogP contribution in [-0.2, 0) is 4.74 Å². The number of benzene rings is 1. The average Bonchev–Trinajstić information content (AvgIpc) is 3.03. The number of carbonyl (C=O) groups is 1. The molecule has 0 saturated heterocycles. The van der Waals surface area contributed by atoms with E-state index in [1.54, 1.807) is 17.7 Å². The smallest absolute Gasteiger partial charge is 0.338 e. The Labute approximate surface area is 152 Å². The second-order valence-electron chi connectivity index (χ2n) is 6.63. The number of nitro groups is 1. The Balaban J connectivity index is 2.11. The molecule has 1 aromatic heterocycles. The first-order valence-electron chi connectivity index (χ1n) is 9.03. The van der Waals surface area contributed by atoms with E-state index >= 15 is 0 Å². The Hall–Kier alpha value is -2.70. The van der Waals surface area contributed by atoms with Crippen LogP contribution in [0.1, 0.15) is 66.8 Å². The highest BCUT2D eigenvalue weighted by molar-refractivity contribution is 5.90. The number of ether oxygens (including phenoxy) is 1. The van der Waals surface area contributed by atoms with Crippen LogP contribution in [0.4, 0.5) is 5.69 Å². The number of hydrogen-bond donors (Lipinski definition) is 0. The van der Waals surface area contributed by atoms with Gasteiger partial charge in [-0.2, -0.15) is 0 Å². The van der Waals surface area contributed by atoms with Crippen molar-refractivity contribution in [1.29, 1.82) is 0 Å². The highest BCUT2D eigenvalue weighted by Gasteiger charge is 2.26. The number of esters is 1. The maximum atomic E-state index is 12.1. The minimum absolute atomic E-state index is 0.0486. The lowest BCUT2D eigenvalue weighted by molar-refractivity contribution is -0.384. The Bertz CT molecular complexity index is 822. The van der Waals surface area contributed by atoms with Gasteiger partial charge in [-0.1, -0.05) is 19.3 Å². The lowest BCUT2D eigenvalue weighted by Gasteiger charge is -2.22. The zero-order valence-electron chi connectivity index (χ0n) is 15.1. The number of hydrogen-bond acceptors (Lipinski definition) is 5. The van der Waals surface area contributed by atoms with Gasteiger partial charge in [-0.15, -0.1) is 0 Å². The SMILES string of the molecule is CCOC(=O)c1ccc([N+](=O)[O-])c(-n2cc(C)nc2C2CCCCC2)c1. The molecule has 0 unspecified atom stereocenters. The molecule has 1 aliphatic rings. The Kier molecular flexibility index (Phi) is 5.35. The molecular weight excluding hydrogens is 334 g/mol. The van der Waals surface area contributed by atoms with Crippen LogP contribution in [-0.4, -0.2) is 27.1 Å². The molecule has 1 aromatic carbocycles. The van der Waals surface area contributed by atoms with Crippen LogP contribution >= 0.6 is 0 Å². The van der Waals surface area contributed by atoms with Gasteiger partial charge in [-0.3, -0.25) is 14.7 Å². The van der Waals surface area contributed by atoms with Crippen molar-refractivity contribution >= 4 is 11.7 Å². The number of rotatable bonds is 5. The van der Waals surface area contributed by atoms with E-state index in [-0.39, 0.29) is 18.2 Å². The molecule has 0 bridgehead atoms. The summed E-state index contributed by atoms with van der Waals surface area (Å²) in [4.78, 5) is 27.9. The molecule has 26 heavy (non-hydrogen) atoms.